The smallest absolute Gasteiger partial charge is 0.127 e. The van der Waals surface area contributed by atoms with E-state index in [2.05, 4.69) is 38.2 Å². The molecule has 0 aromatic heterocycles. The highest BCUT2D eigenvalue weighted by molar-refractivity contribution is 7.99. The predicted molar refractivity (Wildman–Crippen MR) is 83.3 cm³/mol. The highest BCUT2D eigenvalue weighted by atomic mass is 32.2. The fourth-order valence-electron chi connectivity index (χ4n) is 2.58. The summed E-state index contributed by atoms with van der Waals surface area (Å²) in [6.07, 6.45) is 2.73. The molecule has 1 heterocycles. The van der Waals surface area contributed by atoms with Gasteiger partial charge in [0.1, 0.15) is 26.2 Å². The number of piperazine rings is 1. The number of hydrogen-bond donors (Lipinski definition) is 2. The van der Waals surface area contributed by atoms with Crippen LogP contribution in [0.3, 0.4) is 0 Å². The SMILES string of the molecule is Cc1ccc(SCCCC[NH+]2CC[NH+](C)CC2)cc1. The normalized spacial score (nSPS) is 23.5. The molecule has 1 saturated heterocycles. The molecule has 0 unspecified atom stereocenters. The molecule has 1 aliphatic heterocycles. The van der Waals surface area contributed by atoms with Crippen molar-refractivity contribution in [1.29, 1.82) is 0 Å². The lowest BCUT2D eigenvalue weighted by atomic mass is 10.2. The fourth-order valence-corrected chi connectivity index (χ4v) is 3.49. The van der Waals surface area contributed by atoms with Crippen LogP contribution in [0.1, 0.15) is 18.4 Å². The van der Waals surface area contributed by atoms with Crippen molar-refractivity contribution in [2.45, 2.75) is 24.7 Å². The Morgan fingerprint density at radius 3 is 2.37 bits per heavy atom. The summed E-state index contributed by atoms with van der Waals surface area (Å²) in [7, 11) is 2.31. The zero-order chi connectivity index (χ0) is 13.5. The lowest BCUT2D eigenvalue weighted by Crippen LogP contribution is -3.27. The molecule has 1 aromatic rings. The monoisotopic (exact) mass is 280 g/mol. The Morgan fingerprint density at radius 1 is 1.00 bits per heavy atom. The van der Waals surface area contributed by atoms with Gasteiger partial charge in [0, 0.05) is 4.90 Å². The first-order valence-electron chi connectivity index (χ1n) is 7.58. The molecule has 0 spiro atoms. The van der Waals surface area contributed by atoms with E-state index in [0.29, 0.717) is 0 Å². The van der Waals surface area contributed by atoms with Crippen molar-refractivity contribution in [3.05, 3.63) is 29.8 Å². The standard InChI is InChI=1S/C16H26N2S/c1-15-5-7-16(8-6-15)19-14-4-3-9-18-12-10-17(2)11-13-18/h5-8H,3-4,9-14H2,1-2H3/p+2. The van der Waals surface area contributed by atoms with Crippen LogP contribution in [0.2, 0.25) is 0 Å². The number of unbranched alkanes of at least 4 members (excludes halogenated alkanes) is 1. The Balaban J connectivity index is 1.53. The maximum Gasteiger partial charge on any atom is 0.127 e. The molecule has 0 radical (unpaired) electrons. The van der Waals surface area contributed by atoms with Gasteiger partial charge in [0.05, 0.1) is 13.6 Å². The van der Waals surface area contributed by atoms with Crippen LogP contribution in [0.4, 0.5) is 0 Å². The molecule has 1 fully saturated rings. The lowest BCUT2D eigenvalue weighted by Gasteiger charge is -2.27. The van der Waals surface area contributed by atoms with Gasteiger partial charge in [-0.25, -0.2) is 0 Å². The molecule has 19 heavy (non-hydrogen) atoms. The van der Waals surface area contributed by atoms with E-state index in [4.69, 9.17) is 0 Å². The quantitative estimate of drug-likeness (QED) is 0.562. The number of quaternary nitrogens is 2. The number of nitrogens with one attached hydrogen (secondary N) is 2. The van der Waals surface area contributed by atoms with Crippen LogP contribution >= 0.6 is 11.8 Å². The third-order valence-electron chi connectivity index (χ3n) is 4.03. The van der Waals surface area contributed by atoms with E-state index in [0.717, 1.165) is 0 Å². The summed E-state index contributed by atoms with van der Waals surface area (Å²) in [6, 6.07) is 8.90. The van der Waals surface area contributed by atoms with Gasteiger partial charge in [-0.3, -0.25) is 0 Å². The van der Waals surface area contributed by atoms with Crippen molar-refractivity contribution >= 4 is 11.8 Å². The highest BCUT2D eigenvalue weighted by Gasteiger charge is 2.18. The van der Waals surface area contributed by atoms with Crippen molar-refractivity contribution in [2.75, 3.05) is 45.5 Å². The number of thioether (sulfide) groups is 1. The summed E-state index contributed by atoms with van der Waals surface area (Å²) < 4.78 is 0. The average Bonchev–Trinajstić information content (AvgIpc) is 2.43. The fraction of sp³-hybridized carbons (Fsp3) is 0.625. The minimum atomic E-state index is 1.27. The van der Waals surface area contributed by atoms with Gasteiger partial charge in [-0.2, -0.15) is 0 Å². The Bertz CT molecular complexity index is 356. The van der Waals surface area contributed by atoms with Gasteiger partial charge in [-0.1, -0.05) is 17.7 Å². The molecule has 0 amide bonds. The summed E-state index contributed by atoms with van der Waals surface area (Å²) >= 11 is 2.00. The number of hydrogen-bond acceptors (Lipinski definition) is 1. The predicted octanol–water partition coefficient (Wildman–Crippen LogP) is 0.281. The average molecular weight is 280 g/mol. The summed E-state index contributed by atoms with van der Waals surface area (Å²) in [5.41, 5.74) is 1.35. The summed E-state index contributed by atoms with van der Waals surface area (Å²) in [6.45, 7) is 8.98. The Morgan fingerprint density at radius 2 is 1.68 bits per heavy atom. The van der Waals surface area contributed by atoms with Crippen LogP contribution in [0.25, 0.3) is 0 Å². The van der Waals surface area contributed by atoms with E-state index in [1.54, 1.807) is 4.90 Å². The van der Waals surface area contributed by atoms with Gasteiger partial charge in [-0.05, 0) is 37.7 Å². The second kappa shape index (κ2) is 7.93. The number of likely N-dealkylation sites (N-methyl/N-ethyl adjacent to an activating group) is 1. The lowest BCUT2D eigenvalue weighted by molar-refractivity contribution is -1.00. The van der Waals surface area contributed by atoms with Crippen LogP contribution in [0.15, 0.2) is 29.2 Å². The maximum absolute atomic E-state index is 2.31. The number of aryl methyl sites for hydroxylation is 1. The molecule has 0 atom stereocenters. The number of benzene rings is 1. The van der Waals surface area contributed by atoms with Crippen molar-refractivity contribution in [3.8, 4) is 0 Å². The molecule has 3 heteroatoms. The van der Waals surface area contributed by atoms with Gasteiger partial charge in [-0.15, -0.1) is 11.8 Å². The molecule has 0 aliphatic carbocycles. The van der Waals surface area contributed by atoms with Crippen LogP contribution in [0, 0.1) is 6.92 Å². The van der Waals surface area contributed by atoms with Crippen LogP contribution in [0.5, 0.6) is 0 Å². The molecule has 2 nitrogen and oxygen atoms in total. The highest BCUT2D eigenvalue weighted by Crippen LogP contribution is 2.19. The molecule has 1 aliphatic rings. The first-order chi connectivity index (χ1) is 9.24. The van der Waals surface area contributed by atoms with Crippen molar-refractivity contribution < 1.29 is 9.80 Å². The van der Waals surface area contributed by atoms with E-state index in [1.807, 2.05) is 16.7 Å². The maximum atomic E-state index is 2.31. The van der Waals surface area contributed by atoms with Gasteiger partial charge in [0.2, 0.25) is 0 Å². The Labute approximate surface area is 122 Å². The number of rotatable bonds is 6. The first-order valence-corrected chi connectivity index (χ1v) is 8.57. The van der Waals surface area contributed by atoms with Gasteiger partial charge >= 0.3 is 0 Å². The van der Waals surface area contributed by atoms with Crippen molar-refractivity contribution in [1.82, 2.24) is 0 Å². The zero-order valence-electron chi connectivity index (χ0n) is 12.4. The van der Waals surface area contributed by atoms with E-state index in [9.17, 15) is 0 Å². The topological polar surface area (TPSA) is 8.88 Å². The van der Waals surface area contributed by atoms with Crippen LogP contribution in [-0.4, -0.2) is 45.5 Å². The van der Waals surface area contributed by atoms with Gasteiger partial charge < -0.3 is 9.80 Å². The Kier molecular flexibility index (Phi) is 6.21. The minimum absolute atomic E-state index is 1.27. The molecule has 106 valence electrons. The summed E-state index contributed by atoms with van der Waals surface area (Å²) in [4.78, 5) is 4.95. The van der Waals surface area contributed by atoms with E-state index in [-0.39, 0.29) is 0 Å². The van der Waals surface area contributed by atoms with Crippen LogP contribution in [-0.2, 0) is 0 Å². The summed E-state index contributed by atoms with van der Waals surface area (Å²) in [5, 5.41) is 0. The van der Waals surface area contributed by atoms with Crippen LogP contribution < -0.4 is 9.80 Å². The van der Waals surface area contributed by atoms with Gasteiger partial charge in [0.25, 0.3) is 0 Å². The largest absolute Gasteiger partial charge is 0.328 e. The molecular weight excluding hydrogens is 252 g/mol. The van der Waals surface area contributed by atoms with Crippen molar-refractivity contribution in [3.63, 3.8) is 0 Å². The van der Waals surface area contributed by atoms with E-state index in [1.165, 1.54) is 61.8 Å². The third-order valence-corrected chi connectivity index (χ3v) is 5.12. The minimum Gasteiger partial charge on any atom is -0.328 e. The molecule has 2 N–H and O–H groups in total. The third kappa shape index (κ3) is 5.55. The van der Waals surface area contributed by atoms with E-state index >= 15 is 0 Å². The zero-order valence-corrected chi connectivity index (χ0v) is 13.2. The first kappa shape index (κ1) is 14.9. The molecule has 1 aromatic carbocycles. The second-order valence-corrected chi connectivity index (χ2v) is 6.99. The Hall–Kier alpha value is -0.510. The molecule has 2 rings (SSSR count). The van der Waals surface area contributed by atoms with E-state index < -0.39 is 0 Å². The van der Waals surface area contributed by atoms with Gasteiger partial charge in [0.15, 0.2) is 0 Å². The molecular formula is C16H28N2S+2. The molecule has 0 saturated carbocycles. The summed E-state index contributed by atoms with van der Waals surface area (Å²) in [5.74, 6) is 1.27. The van der Waals surface area contributed by atoms with Crippen molar-refractivity contribution in [2.24, 2.45) is 0 Å². The second-order valence-electron chi connectivity index (χ2n) is 5.83. The molecule has 0 bridgehead atoms.